The molecule has 0 saturated carbocycles. The largest absolute Gasteiger partial charge is 0.481 e. The van der Waals surface area contributed by atoms with Gasteiger partial charge < -0.3 is 15.5 Å². The summed E-state index contributed by atoms with van der Waals surface area (Å²) in [4.78, 5) is 10.5. The third-order valence-corrected chi connectivity index (χ3v) is 2.52. The molecule has 0 heterocycles. The Hall–Kier alpha value is -1.07. The standard InChI is InChI=1S/C11H14BrNO3/c1-11(16,6-10(14)15)7-13-9-4-2-3-8(12)5-9/h2-5,13,16H,6-7H2,1H3,(H,14,15). The second kappa shape index (κ2) is 5.32. The lowest BCUT2D eigenvalue weighted by Crippen LogP contribution is -2.35. The number of carbonyl (C=O) groups is 1. The molecule has 0 amide bonds. The van der Waals surface area contributed by atoms with Gasteiger partial charge >= 0.3 is 5.97 Å². The van der Waals surface area contributed by atoms with Crippen LogP contribution in [0.25, 0.3) is 0 Å². The fourth-order valence-electron chi connectivity index (χ4n) is 1.28. The molecule has 0 spiro atoms. The van der Waals surface area contributed by atoms with Gasteiger partial charge in [0.15, 0.2) is 0 Å². The van der Waals surface area contributed by atoms with Gasteiger partial charge in [-0.25, -0.2) is 0 Å². The number of carboxylic acid groups (broad SMARTS) is 1. The number of hydrogen-bond acceptors (Lipinski definition) is 3. The number of aliphatic hydroxyl groups is 1. The predicted molar refractivity (Wildman–Crippen MR) is 65.5 cm³/mol. The SMILES string of the molecule is CC(O)(CNc1cccc(Br)c1)CC(=O)O. The lowest BCUT2D eigenvalue weighted by molar-refractivity contribution is -0.141. The van der Waals surface area contributed by atoms with Crippen LogP contribution in [0.4, 0.5) is 5.69 Å². The lowest BCUT2D eigenvalue weighted by Gasteiger charge is -2.22. The first-order chi connectivity index (χ1) is 7.39. The maximum atomic E-state index is 10.5. The van der Waals surface area contributed by atoms with Gasteiger partial charge in [0.1, 0.15) is 0 Å². The van der Waals surface area contributed by atoms with Crippen molar-refractivity contribution >= 4 is 27.6 Å². The quantitative estimate of drug-likeness (QED) is 0.776. The Bertz CT molecular complexity index is 379. The van der Waals surface area contributed by atoms with E-state index in [0.717, 1.165) is 10.2 Å². The van der Waals surface area contributed by atoms with Crippen LogP contribution in [-0.2, 0) is 4.79 Å². The van der Waals surface area contributed by atoms with Gasteiger partial charge in [-0.3, -0.25) is 4.79 Å². The summed E-state index contributed by atoms with van der Waals surface area (Å²) in [6, 6.07) is 7.46. The first kappa shape index (κ1) is 13.0. The Balaban J connectivity index is 2.54. The third-order valence-electron chi connectivity index (χ3n) is 2.03. The van der Waals surface area contributed by atoms with E-state index in [1.165, 1.54) is 6.92 Å². The van der Waals surface area contributed by atoms with Crippen LogP contribution < -0.4 is 5.32 Å². The van der Waals surface area contributed by atoms with Gasteiger partial charge in [-0.05, 0) is 25.1 Å². The molecule has 0 fully saturated rings. The van der Waals surface area contributed by atoms with Gasteiger partial charge in [-0.15, -0.1) is 0 Å². The van der Waals surface area contributed by atoms with Crippen molar-refractivity contribution < 1.29 is 15.0 Å². The van der Waals surface area contributed by atoms with Crippen molar-refractivity contribution in [3.05, 3.63) is 28.7 Å². The van der Waals surface area contributed by atoms with Gasteiger partial charge in [0.05, 0.1) is 12.0 Å². The maximum absolute atomic E-state index is 10.5. The minimum Gasteiger partial charge on any atom is -0.481 e. The predicted octanol–water partition coefficient (Wildman–Crippen LogP) is 2.09. The van der Waals surface area contributed by atoms with Crippen LogP contribution in [0.15, 0.2) is 28.7 Å². The van der Waals surface area contributed by atoms with E-state index in [2.05, 4.69) is 21.2 Å². The van der Waals surface area contributed by atoms with E-state index in [0.29, 0.717) is 0 Å². The maximum Gasteiger partial charge on any atom is 0.306 e. The van der Waals surface area contributed by atoms with Crippen LogP contribution >= 0.6 is 15.9 Å². The molecular weight excluding hydrogens is 274 g/mol. The number of benzene rings is 1. The fraction of sp³-hybridized carbons (Fsp3) is 0.364. The van der Waals surface area contributed by atoms with Gasteiger partial charge in [0.25, 0.3) is 0 Å². The minimum absolute atomic E-state index is 0.190. The average molecular weight is 288 g/mol. The van der Waals surface area contributed by atoms with Crippen LogP contribution in [0, 0.1) is 0 Å². The number of anilines is 1. The molecule has 1 aromatic carbocycles. The number of nitrogens with one attached hydrogen (secondary N) is 1. The normalized spacial score (nSPS) is 14.2. The molecule has 0 bridgehead atoms. The monoisotopic (exact) mass is 287 g/mol. The number of halogens is 1. The van der Waals surface area contributed by atoms with E-state index in [-0.39, 0.29) is 13.0 Å². The Morgan fingerprint density at radius 2 is 2.25 bits per heavy atom. The van der Waals surface area contributed by atoms with Gasteiger partial charge in [0, 0.05) is 16.7 Å². The summed E-state index contributed by atoms with van der Waals surface area (Å²) >= 11 is 3.33. The zero-order valence-electron chi connectivity index (χ0n) is 8.90. The van der Waals surface area contributed by atoms with Crippen molar-refractivity contribution in [2.75, 3.05) is 11.9 Å². The molecule has 0 saturated heterocycles. The van der Waals surface area contributed by atoms with Crippen molar-refractivity contribution in [2.24, 2.45) is 0 Å². The molecule has 16 heavy (non-hydrogen) atoms. The fourth-order valence-corrected chi connectivity index (χ4v) is 1.68. The molecule has 0 radical (unpaired) electrons. The summed E-state index contributed by atoms with van der Waals surface area (Å²) in [5.74, 6) is -1.01. The van der Waals surface area contributed by atoms with E-state index in [4.69, 9.17) is 5.11 Å². The topological polar surface area (TPSA) is 69.6 Å². The van der Waals surface area contributed by atoms with E-state index in [1.807, 2.05) is 24.3 Å². The Morgan fingerprint density at radius 1 is 1.56 bits per heavy atom. The molecule has 1 rings (SSSR count). The highest BCUT2D eigenvalue weighted by Gasteiger charge is 2.23. The number of hydrogen-bond donors (Lipinski definition) is 3. The van der Waals surface area contributed by atoms with E-state index in [9.17, 15) is 9.90 Å². The summed E-state index contributed by atoms with van der Waals surface area (Å²) < 4.78 is 0.926. The van der Waals surface area contributed by atoms with Crippen LogP contribution in [0.2, 0.25) is 0 Å². The van der Waals surface area contributed by atoms with Gasteiger partial charge in [-0.2, -0.15) is 0 Å². The Labute approximate surface area is 102 Å². The van der Waals surface area contributed by atoms with Crippen molar-refractivity contribution in [3.8, 4) is 0 Å². The van der Waals surface area contributed by atoms with Crippen molar-refractivity contribution in [3.63, 3.8) is 0 Å². The molecule has 0 aromatic heterocycles. The average Bonchev–Trinajstić information content (AvgIpc) is 2.13. The zero-order valence-corrected chi connectivity index (χ0v) is 10.5. The summed E-state index contributed by atoms with van der Waals surface area (Å²) in [6.07, 6.45) is -0.284. The Kier molecular flexibility index (Phi) is 4.32. The molecular formula is C11H14BrNO3. The van der Waals surface area contributed by atoms with E-state index >= 15 is 0 Å². The van der Waals surface area contributed by atoms with Gasteiger partial charge in [0.2, 0.25) is 0 Å². The number of carboxylic acids is 1. The summed E-state index contributed by atoms with van der Waals surface area (Å²) in [6.45, 7) is 1.68. The number of aliphatic carboxylic acids is 1. The van der Waals surface area contributed by atoms with E-state index < -0.39 is 11.6 Å². The molecule has 0 aliphatic carbocycles. The first-order valence-corrected chi connectivity index (χ1v) is 5.62. The van der Waals surface area contributed by atoms with Crippen molar-refractivity contribution in [1.29, 1.82) is 0 Å². The first-order valence-electron chi connectivity index (χ1n) is 4.83. The molecule has 1 aromatic rings. The zero-order chi connectivity index (χ0) is 12.2. The molecule has 3 N–H and O–H groups in total. The molecule has 1 atom stereocenters. The van der Waals surface area contributed by atoms with Crippen LogP contribution in [-0.4, -0.2) is 28.3 Å². The van der Waals surface area contributed by atoms with Crippen LogP contribution in [0.3, 0.4) is 0 Å². The third kappa shape index (κ3) is 4.63. The molecule has 0 aliphatic rings. The highest BCUT2D eigenvalue weighted by Crippen LogP contribution is 2.17. The second-order valence-electron chi connectivity index (χ2n) is 3.93. The van der Waals surface area contributed by atoms with E-state index in [1.54, 1.807) is 0 Å². The second-order valence-corrected chi connectivity index (χ2v) is 4.85. The lowest BCUT2D eigenvalue weighted by atomic mass is 10.0. The van der Waals surface area contributed by atoms with Crippen molar-refractivity contribution in [1.82, 2.24) is 0 Å². The number of rotatable bonds is 5. The molecule has 0 aliphatic heterocycles. The molecule has 1 unspecified atom stereocenters. The van der Waals surface area contributed by atoms with Crippen LogP contribution in [0.1, 0.15) is 13.3 Å². The highest BCUT2D eigenvalue weighted by atomic mass is 79.9. The summed E-state index contributed by atoms with van der Waals surface area (Å²) in [5, 5.41) is 21.3. The smallest absolute Gasteiger partial charge is 0.306 e. The minimum atomic E-state index is -1.26. The highest BCUT2D eigenvalue weighted by molar-refractivity contribution is 9.10. The summed E-state index contributed by atoms with van der Waals surface area (Å²) in [7, 11) is 0. The van der Waals surface area contributed by atoms with Crippen LogP contribution in [0.5, 0.6) is 0 Å². The van der Waals surface area contributed by atoms with Crippen molar-refractivity contribution in [2.45, 2.75) is 18.9 Å². The molecule has 5 heteroatoms. The molecule has 4 nitrogen and oxygen atoms in total. The Morgan fingerprint density at radius 3 is 2.81 bits per heavy atom. The molecule has 88 valence electrons. The van der Waals surface area contributed by atoms with Gasteiger partial charge in [-0.1, -0.05) is 22.0 Å². The summed E-state index contributed by atoms with van der Waals surface area (Å²) in [5.41, 5.74) is -0.422.